The first-order chi connectivity index (χ1) is 8.88. The molecule has 1 aromatic carbocycles. The summed E-state index contributed by atoms with van der Waals surface area (Å²) in [4.78, 5) is 11.3. The summed E-state index contributed by atoms with van der Waals surface area (Å²) in [6, 6.07) is 6.72. The summed E-state index contributed by atoms with van der Waals surface area (Å²) in [5, 5.41) is 2.95. The highest BCUT2D eigenvalue weighted by atomic mass is 35.7. The van der Waals surface area contributed by atoms with Crippen molar-refractivity contribution in [1.29, 1.82) is 0 Å². The second kappa shape index (κ2) is 5.51. The van der Waals surface area contributed by atoms with Crippen LogP contribution in [0, 0.1) is 0 Å². The summed E-state index contributed by atoms with van der Waals surface area (Å²) in [5.74, 6) is 0.216. The van der Waals surface area contributed by atoms with E-state index in [1.807, 2.05) is 0 Å². The van der Waals surface area contributed by atoms with Gasteiger partial charge in [0.15, 0.2) is 0 Å². The predicted octanol–water partition coefficient (Wildman–Crippen LogP) is 2.39. The quantitative estimate of drug-likeness (QED) is 0.872. The van der Waals surface area contributed by atoms with Gasteiger partial charge in [0.05, 0.1) is 4.90 Å². The van der Waals surface area contributed by atoms with Crippen molar-refractivity contribution in [2.24, 2.45) is 0 Å². The molecule has 4 nitrogen and oxygen atoms in total. The van der Waals surface area contributed by atoms with Crippen LogP contribution in [-0.4, -0.2) is 20.4 Å². The maximum absolute atomic E-state index is 11.2. The Hall–Kier alpha value is -1.07. The highest BCUT2D eigenvalue weighted by Crippen LogP contribution is 2.35. The maximum atomic E-state index is 11.2. The summed E-state index contributed by atoms with van der Waals surface area (Å²) >= 11 is 0. The van der Waals surface area contributed by atoms with Gasteiger partial charge in [-0.15, -0.1) is 0 Å². The number of carbonyl (C=O) groups excluding carboxylic acids is 1. The highest BCUT2D eigenvalue weighted by Gasteiger charge is 2.29. The van der Waals surface area contributed by atoms with Gasteiger partial charge in [-0.3, -0.25) is 4.79 Å². The normalized spacial score (nSPS) is 23.3. The lowest BCUT2D eigenvalue weighted by atomic mass is 9.94. The van der Waals surface area contributed by atoms with E-state index < -0.39 is 9.05 Å². The van der Waals surface area contributed by atoms with Crippen molar-refractivity contribution in [3.63, 3.8) is 0 Å². The van der Waals surface area contributed by atoms with Crippen LogP contribution in [0.3, 0.4) is 0 Å². The fourth-order valence-corrected chi connectivity index (χ4v) is 3.44. The molecule has 0 aliphatic heterocycles. The van der Waals surface area contributed by atoms with Gasteiger partial charge < -0.3 is 5.32 Å². The number of carbonyl (C=O) groups is 1. The van der Waals surface area contributed by atoms with E-state index in [4.69, 9.17) is 10.7 Å². The molecule has 1 N–H and O–H groups in total. The van der Waals surface area contributed by atoms with Crippen LogP contribution in [-0.2, 0) is 13.8 Å². The number of halogens is 1. The molecule has 0 radical (unpaired) electrons. The number of benzene rings is 1. The first-order valence-corrected chi connectivity index (χ1v) is 8.50. The average Bonchev–Trinajstić information content (AvgIpc) is 2.75. The van der Waals surface area contributed by atoms with Crippen LogP contribution < -0.4 is 5.32 Å². The zero-order valence-corrected chi connectivity index (χ0v) is 12.2. The Morgan fingerprint density at radius 2 is 1.89 bits per heavy atom. The van der Waals surface area contributed by atoms with Crippen LogP contribution in [0.5, 0.6) is 0 Å². The average molecular weight is 302 g/mol. The van der Waals surface area contributed by atoms with E-state index in [9.17, 15) is 13.2 Å². The van der Waals surface area contributed by atoms with Crippen LogP contribution in [0.1, 0.15) is 37.7 Å². The molecular formula is C13H16ClNO3S. The van der Waals surface area contributed by atoms with Gasteiger partial charge in [-0.2, -0.15) is 0 Å². The summed E-state index contributed by atoms with van der Waals surface area (Å²) < 4.78 is 22.4. The van der Waals surface area contributed by atoms with Gasteiger partial charge in [0.25, 0.3) is 9.05 Å². The molecule has 1 unspecified atom stereocenters. The Morgan fingerprint density at radius 3 is 2.42 bits per heavy atom. The molecule has 0 aromatic heterocycles. The minimum Gasteiger partial charge on any atom is -0.353 e. The predicted molar refractivity (Wildman–Crippen MR) is 73.7 cm³/mol. The van der Waals surface area contributed by atoms with Gasteiger partial charge in [0.1, 0.15) is 0 Å². The van der Waals surface area contributed by atoms with Gasteiger partial charge >= 0.3 is 0 Å². The Morgan fingerprint density at radius 1 is 1.26 bits per heavy atom. The molecule has 1 aliphatic rings. The van der Waals surface area contributed by atoms with Gasteiger partial charge in [-0.05, 0) is 30.5 Å². The Labute approximate surface area is 117 Å². The number of hydrogen-bond donors (Lipinski definition) is 1. The van der Waals surface area contributed by atoms with Gasteiger partial charge in [0.2, 0.25) is 5.91 Å². The van der Waals surface area contributed by atoms with Crippen molar-refractivity contribution in [1.82, 2.24) is 5.32 Å². The van der Waals surface area contributed by atoms with Crippen LogP contribution in [0.2, 0.25) is 0 Å². The highest BCUT2D eigenvalue weighted by molar-refractivity contribution is 8.13. The molecule has 104 valence electrons. The van der Waals surface area contributed by atoms with E-state index in [1.54, 1.807) is 12.1 Å². The molecule has 6 heteroatoms. The van der Waals surface area contributed by atoms with Crippen LogP contribution in [0.15, 0.2) is 29.2 Å². The smallest absolute Gasteiger partial charge is 0.261 e. The fourth-order valence-electron chi connectivity index (χ4n) is 2.67. The molecule has 0 heterocycles. The van der Waals surface area contributed by atoms with E-state index in [0.29, 0.717) is 0 Å². The summed E-state index contributed by atoms with van der Waals surface area (Å²) in [6.07, 6.45) is 3.02. The lowest BCUT2D eigenvalue weighted by molar-refractivity contribution is -0.119. The van der Waals surface area contributed by atoms with Crippen LogP contribution >= 0.6 is 10.7 Å². The minimum absolute atomic E-state index is 0.0307. The number of rotatable bonds is 3. The molecule has 0 spiro atoms. The molecule has 1 amide bonds. The standard InChI is InChI=1S/C13H16ClNO3S/c1-9(16)15-13-4-2-3-12(13)10-5-7-11(8-6-10)19(14,17)18/h5-8,12-13H,2-4H2,1H3,(H,15,16)/t12?,13-/m1/s1. The van der Waals surface area contributed by atoms with E-state index in [0.717, 1.165) is 24.8 Å². The van der Waals surface area contributed by atoms with E-state index in [-0.39, 0.29) is 22.8 Å². The Bertz CT molecular complexity index is 568. The fraction of sp³-hybridized carbons (Fsp3) is 0.462. The van der Waals surface area contributed by atoms with Crippen molar-refractivity contribution in [3.05, 3.63) is 29.8 Å². The van der Waals surface area contributed by atoms with Crippen molar-refractivity contribution in [3.8, 4) is 0 Å². The molecule has 1 aromatic rings. The lowest BCUT2D eigenvalue weighted by Gasteiger charge is -2.20. The van der Waals surface area contributed by atoms with Gasteiger partial charge in [-0.25, -0.2) is 8.42 Å². The van der Waals surface area contributed by atoms with Crippen LogP contribution in [0.25, 0.3) is 0 Å². The molecule has 2 rings (SSSR count). The zero-order chi connectivity index (χ0) is 14.0. The Balaban J connectivity index is 2.20. The van der Waals surface area contributed by atoms with Crippen molar-refractivity contribution < 1.29 is 13.2 Å². The summed E-state index contributed by atoms with van der Waals surface area (Å²) in [6.45, 7) is 1.51. The molecule has 1 fully saturated rings. The second-order valence-corrected chi connectivity index (χ2v) is 7.42. The van der Waals surface area contributed by atoms with Crippen molar-refractivity contribution >= 4 is 25.6 Å². The topological polar surface area (TPSA) is 63.2 Å². The third kappa shape index (κ3) is 3.48. The molecule has 0 bridgehead atoms. The number of hydrogen-bond acceptors (Lipinski definition) is 3. The molecule has 0 saturated heterocycles. The second-order valence-electron chi connectivity index (χ2n) is 4.85. The molecule has 19 heavy (non-hydrogen) atoms. The lowest BCUT2D eigenvalue weighted by Crippen LogP contribution is -2.34. The van der Waals surface area contributed by atoms with Crippen molar-refractivity contribution in [2.75, 3.05) is 0 Å². The van der Waals surface area contributed by atoms with Gasteiger partial charge in [-0.1, -0.05) is 18.6 Å². The first kappa shape index (κ1) is 14.3. The molecular weight excluding hydrogens is 286 g/mol. The van der Waals surface area contributed by atoms with E-state index in [2.05, 4.69) is 5.32 Å². The summed E-state index contributed by atoms with van der Waals surface area (Å²) in [5.41, 5.74) is 1.04. The number of nitrogens with one attached hydrogen (secondary N) is 1. The van der Waals surface area contributed by atoms with Crippen LogP contribution in [0.4, 0.5) is 0 Å². The van der Waals surface area contributed by atoms with Crippen molar-refractivity contribution in [2.45, 2.75) is 43.0 Å². The third-order valence-electron chi connectivity index (χ3n) is 3.49. The zero-order valence-electron chi connectivity index (χ0n) is 10.6. The molecule has 1 saturated carbocycles. The van der Waals surface area contributed by atoms with E-state index >= 15 is 0 Å². The largest absolute Gasteiger partial charge is 0.353 e. The Kier molecular flexibility index (Phi) is 4.16. The molecule has 1 aliphatic carbocycles. The maximum Gasteiger partial charge on any atom is 0.261 e. The van der Waals surface area contributed by atoms with Gasteiger partial charge in [0, 0.05) is 29.6 Å². The monoisotopic (exact) mass is 301 g/mol. The summed E-state index contributed by atoms with van der Waals surface area (Å²) in [7, 11) is 1.61. The third-order valence-corrected chi connectivity index (χ3v) is 4.86. The minimum atomic E-state index is -3.67. The van der Waals surface area contributed by atoms with E-state index in [1.165, 1.54) is 19.1 Å². The first-order valence-electron chi connectivity index (χ1n) is 6.19. The molecule has 2 atom stereocenters. The number of amides is 1. The SMILES string of the molecule is CC(=O)N[C@@H]1CCCC1c1ccc(S(=O)(=O)Cl)cc1.